The molecule has 0 unspecified atom stereocenters. The van der Waals surface area contributed by atoms with Crippen LogP contribution in [0.4, 0.5) is 10.1 Å². The fraction of sp³-hybridized carbons (Fsp3) is 0.529. The standard InChI is InChI=1S/C17H22BClFN3O2/c1-9(21)23-12(22)7-6-10-8-11(14(20)13(19)15(10)23)18-24-16(2,3)17(4,5)25-18/h8,21-22H,6-7H2,1-5H3. The van der Waals surface area contributed by atoms with E-state index in [9.17, 15) is 0 Å². The first-order chi connectivity index (χ1) is 11.5. The minimum absolute atomic E-state index is 0.0988. The second-order valence-electron chi connectivity index (χ2n) is 7.56. The molecule has 0 radical (unpaired) electrons. The molecule has 2 N–H and O–H groups in total. The predicted molar refractivity (Wildman–Crippen MR) is 99.1 cm³/mol. The quantitative estimate of drug-likeness (QED) is 0.454. The third-order valence-electron chi connectivity index (χ3n) is 5.26. The Balaban J connectivity index is 2.10. The zero-order valence-corrected chi connectivity index (χ0v) is 15.8. The summed E-state index contributed by atoms with van der Waals surface area (Å²) in [6.45, 7) is 9.19. The van der Waals surface area contributed by atoms with Gasteiger partial charge < -0.3 is 9.31 Å². The number of anilines is 1. The molecule has 2 aliphatic heterocycles. The van der Waals surface area contributed by atoms with Crippen molar-refractivity contribution in [3.63, 3.8) is 0 Å². The molecule has 1 aromatic rings. The number of benzene rings is 1. The zero-order chi connectivity index (χ0) is 18.7. The average molecular weight is 366 g/mol. The van der Waals surface area contributed by atoms with Gasteiger partial charge >= 0.3 is 7.12 Å². The van der Waals surface area contributed by atoms with Gasteiger partial charge in [0.05, 0.1) is 16.9 Å². The Morgan fingerprint density at radius 1 is 1.24 bits per heavy atom. The lowest BCUT2D eigenvalue weighted by atomic mass is 9.76. The number of hydrogen-bond donors (Lipinski definition) is 2. The largest absolute Gasteiger partial charge is 0.497 e. The molecule has 0 amide bonds. The van der Waals surface area contributed by atoms with Gasteiger partial charge in [0.1, 0.15) is 22.5 Å². The average Bonchev–Trinajstić information content (AvgIpc) is 2.70. The van der Waals surface area contributed by atoms with E-state index in [0.717, 1.165) is 5.56 Å². The van der Waals surface area contributed by atoms with Gasteiger partial charge in [-0.15, -0.1) is 0 Å². The molecule has 1 aromatic carbocycles. The molecule has 2 aliphatic rings. The van der Waals surface area contributed by atoms with Gasteiger partial charge in [0, 0.05) is 11.9 Å². The van der Waals surface area contributed by atoms with Crippen molar-refractivity contribution in [3.05, 3.63) is 22.5 Å². The van der Waals surface area contributed by atoms with Crippen LogP contribution in [-0.4, -0.2) is 30.0 Å². The van der Waals surface area contributed by atoms with E-state index in [1.165, 1.54) is 4.90 Å². The number of halogens is 2. The summed E-state index contributed by atoms with van der Waals surface area (Å²) < 4.78 is 27.0. The van der Waals surface area contributed by atoms with Gasteiger partial charge in [-0.3, -0.25) is 15.7 Å². The number of nitrogens with one attached hydrogen (secondary N) is 2. The minimum atomic E-state index is -0.844. The maximum absolute atomic E-state index is 15.0. The number of hydrogen-bond acceptors (Lipinski definition) is 4. The van der Waals surface area contributed by atoms with Crippen LogP contribution in [0.25, 0.3) is 0 Å². The normalized spacial score (nSPS) is 21.5. The van der Waals surface area contributed by atoms with E-state index in [4.69, 9.17) is 31.7 Å². The molecule has 5 nitrogen and oxygen atoms in total. The summed E-state index contributed by atoms with van der Waals surface area (Å²) >= 11 is 6.32. The van der Waals surface area contributed by atoms with E-state index in [0.29, 0.717) is 18.5 Å². The highest BCUT2D eigenvalue weighted by molar-refractivity contribution is 6.62. The first-order valence-corrected chi connectivity index (χ1v) is 8.63. The SMILES string of the molecule is CC(=N)N1C(=N)CCc2cc(B3OC(C)(C)C(C)(C)O3)c(F)c(Cl)c21. The van der Waals surface area contributed by atoms with Gasteiger partial charge in [-0.2, -0.15) is 0 Å². The number of amidine groups is 2. The Kier molecular flexibility index (Phi) is 4.25. The highest BCUT2D eigenvalue weighted by atomic mass is 35.5. The second kappa shape index (κ2) is 5.79. The molecule has 0 spiro atoms. The molecule has 25 heavy (non-hydrogen) atoms. The summed E-state index contributed by atoms with van der Waals surface area (Å²) in [5.41, 5.74) is 0.276. The van der Waals surface area contributed by atoms with Crippen LogP contribution in [0.2, 0.25) is 5.02 Å². The number of rotatable bonds is 1. The molecule has 3 rings (SSSR count). The van der Waals surface area contributed by atoms with Crippen LogP contribution in [0, 0.1) is 16.6 Å². The lowest BCUT2D eigenvalue weighted by Crippen LogP contribution is -2.42. The van der Waals surface area contributed by atoms with Crippen molar-refractivity contribution in [1.29, 1.82) is 10.8 Å². The Morgan fingerprint density at radius 2 is 1.80 bits per heavy atom. The minimum Gasteiger partial charge on any atom is -0.399 e. The van der Waals surface area contributed by atoms with Crippen molar-refractivity contribution in [3.8, 4) is 0 Å². The summed E-state index contributed by atoms with van der Waals surface area (Å²) in [6.07, 6.45) is 1.03. The summed E-state index contributed by atoms with van der Waals surface area (Å²) in [4.78, 5) is 1.39. The molecule has 1 fully saturated rings. The van der Waals surface area contributed by atoms with Crippen LogP contribution in [0.15, 0.2) is 6.07 Å². The fourth-order valence-electron chi connectivity index (χ4n) is 3.13. The van der Waals surface area contributed by atoms with Gasteiger partial charge in [-0.25, -0.2) is 4.39 Å². The molecular weight excluding hydrogens is 343 g/mol. The summed E-state index contributed by atoms with van der Waals surface area (Å²) in [5, 5.41) is 15.9. The zero-order valence-electron chi connectivity index (χ0n) is 15.1. The van der Waals surface area contributed by atoms with Crippen LogP contribution in [0.5, 0.6) is 0 Å². The maximum atomic E-state index is 15.0. The topological polar surface area (TPSA) is 69.4 Å². The summed E-state index contributed by atoms with van der Waals surface area (Å²) in [6, 6.07) is 1.70. The van der Waals surface area contributed by atoms with Gasteiger partial charge in [0.25, 0.3) is 0 Å². The third-order valence-corrected chi connectivity index (χ3v) is 5.60. The van der Waals surface area contributed by atoms with E-state index < -0.39 is 24.1 Å². The Bertz CT molecular complexity index is 766. The van der Waals surface area contributed by atoms with Crippen LogP contribution in [0.1, 0.15) is 46.6 Å². The van der Waals surface area contributed by atoms with Crippen LogP contribution >= 0.6 is 11.6 Å². The summed E-state index contributed by atoms with van der Waals surface area (Å²) in [7, 11) is -0.844. The molecule has 2 heterocycles. The molecule has 134 valence electrons. The molecule has 1 saturated heterocycles. The highest BCUT2D eigenvalue weighted by Crippen LogP contribution is 2.40. The van der Waals surface area contributed by atoms with E-state index in [1.54, 1.807) is 13.0 Å². The van der Waals surface area contributed by atoms with Gasteiger partial charge in [-0.1, -0.05) is 17.7 Å². The van der Waals surface area contributed by atoms with Crippen molar-refractivity contribution in [2.45, 2.75) is 58.7 Å². The summed E-state index contributed by atoms with van der Waals surface area (Å²) in [5.74, 6) is -0.250. The van der Waals surface area contributed by atoms with E-state index in [2.05, 4.69) is 0 Å². The van der Waals surface area contributed by atoms with Gasteiger partial charge in [0.2, 0.25) is 0 Å². The van der Waals surface area contributed by atoms with E-state index in [-0.39, 0.29) is 22.2 Å². The monoisotopic (exact) mass is 365 g/mol. The Morgan fingerprint density at radius 3 is 2.32 bits per heavy atom. The smallest absolute Gasteiger partial charge is 0.399 e. The number of fused-ring (bicyclic) bond motifs is 1. The molecule has 0 saturated carbocycles. The van der Waals surface area contributed by atoms with Crippen molar-refractivity contribution < 1.29 is 13.7 Å². The first-order valence-electron chi connectivity index (χ1n) is 8.25. The van der Waals surface area contributed by atoms with Crippen LogP contribution in [-0.2, 0) is 15.7 Å². The molecule has 0 atom stereocenters. The lowest BCUT2D eigenvalue weighted by molar-refractivity contribution is 0.00578. The van der Waals surface area contributed by atoms with Crippen LogP contribution < -0.4 is 10.4 Å². The Hall–Kier alpha value is -1.44. The molecule has 0 aliphatic carbocycles. The van der Waals surface area contributed by atoms with Crippen molar-refractivity contribution >= 4 is 41.5 Å². The maximum Gasteiger partial charge on any atom is 0.497 e. The first kappa shape index (κ1) is 18.4. The van der Waals surface area contributed by atoms with E-state index >= 15 is 4.39 Å². The van der Waals surface area contributed by atoms with Crippen molar-refractivity contribution in [1.82, 2.24) is 0 Å². The van der Waals surface area contributed by atoms with Crippen LogP contribution in [0.3, 0.4) is 0 Å². The lowest BCUT2D eigenvalue weighted by Gasteiger charge is -2.32. The predicted octanol–water partition coefficient (Wildman–Crippen LogP) is 3.51. The van der Waals surface area contributed by atoms with Crippen molar-refractivity contribution in [2.75, 3.05) is 4.90 Å². The molecule has 0 aromatic heterocycles. The van der Waals surface area contributed by atoms with Crippen molar-refractivity contribution in [2.24, 2.45) is 0 Å². The Labute approximate surface area is 152 Å². The molecule has 0 bridgehead atoms. The fourth-order valence-corrected chi connectivity index (χ4v) is 3.45. The molecule has 8 heteroatoms. The number of nitrogens with zero attached hydrogens (tertiary/aromatic N) is 1. The molecular formula is C17H22BClFN3O2. The number of aryl methyl sites for hydroxylation is 1. The third kappa shape index (κ3) is 2.78. The second-order valence-corrected chi connectivity index (χ2v) is 7.94. The van der Waals surface area contributed by atoms with Gasteiger partial charge in [0.15, 0.2) is 0 Å². The van der Waals surface area contributed by atoms with Gasteiger partial charge in [-0.05, 0) is 46.6 Å². The van der Waals surface area contributed by atoms with E-state index in [1.807, 2.05) is 27.7 Å². The highest BCUT2D eigenvalue weighted by Gasteiger charge is 2.53.